The van der Waals surface area contributed by atoms with Crippen LogP contribution in [-0.2, 0) is 120 Å². The fourth-order valence-electron chi connectivity index (χ4n) is 7.08. The van der Waals surface area contributed by atoms with Crippen LogP contribution in [0.5, 0.6) is 23.0 Å². The van der Waals surface area contributed by atoms with Gasteiger partial charge in [0.05, 0.1) is 42.9 Å². The summed E-state index contributed by atoms with van der Waals surface area (Å²) in [5.74, 6) is -10.6. The molecule has 0 atom stereocenters. The molecule has 0 amide bonds. The average Bonchev–Trinajstić information content (AvgIpc) is 3.58. The van der Waals surface area contributed by atoms with Crippen molar-refractivity contribution >= 4 is 76.5 Å². The van der Waals surface area contributed by atoms with Crippen LogP contribution in [0.25, 0.3) is 0 Å². The van der Waals surface area contributed by atoms with Crippen LogP contribution >= 0.6 is 0 Å². The molecule has 0 saturated carbocycles. The smallest absolute Gasteiger partial charge is 0.340 e. The summed E-state index contributed by atoms with van der Waals surface area (Å²) in [4.78, 5) is 140. The molecule has 2 aliphatic rings. The lowest BCUT2D eigenvalue weighted by Crippen LogP contribution is -2.38. The molecule has 0 aromatic heterocycles. The van der Waals surface area contributed by atoms with E-state index in [-0.39, 0.29) is 56.4 Å². The zero-order chi connectivity index (χ0) is 55.6. The maximum atomic E-state index is 14.0. The summed E-state index contributed by atoms with van der Waals surface area (Å²) in [6, 6.07) is 11.9. The zero-order valence-corrected chi connectivity index (χ0v) is 42.6. The SMILES string of the molecule is CC(=O)OCOC(=O)CN(CC(=O)OCOC(C)=O)Cc1c(OC(C)=O)ccc2c1Oc1c(ccc(OC(C)=O)c1CN(CC(=O)OCOC(C)=O)CC(=O)OCOC(C)=O)C21OC(=O)c2ccccc21.CS(C)=O. The van der Waals surface area contributed by atoms with Gasteiger partial charge in [0.1, 0.15) is 23.0 Å². The van der Waals surface area contributed by atoms with Crippen molar-refractivity contribution < 1.29 is 114 Å². The van der Waals surface area contributed by atoms with Crippen molar-refractivity contribution in [2.24, 2.45) is 0 Å². The minimum absolute atomic E-state index is 0.0903. The van der Waals surface area contributed by atoms with Crippen molar-refractivity contribution in [2.75, 3.05) is 65.9 Å². The predicted octanol–water partition coefficient (Wildman–Crippen LogP) is 1.96. The van der Waals surface area contributed by atoms with E-state index in [4.69, 9.17) is 56.8 Å². The van der Waals surface area contributed by atoms with E-state index in [1.54, 1.807) is 30.7 Å². The van der Waals surface area contributed by atoms with Gasteiger partial charge in [0.2, 0.25) is 27.2 Å². The van der Waals surface area contributed by atoms with Gasteiger partial charge in [-0.25, -0.2) is 4.79 Å². The highest BCUT2D eigenvalue weighted by atomic mass is 32.2. The summed E-state index contributed by atoms with van der Waals surface area (Å²) in [6.45, 7) is -0.868. The molecule has 0 radical (unpaired) electrons. The van der Waals surface area contributed by atoms with E-state index in [9.17, 15) is 56.9 Å². The molecule has 404 valence electrons. The van der Waals surface area contributed by atoms with Crippen molar-refractivity contribution in [1.82, 2.24) is 9.80 Å². The van der Waals surface area contributed by atoms with Gasteiger partial charge in [-0.1, -0.05) is 18.2 Å². The fourth-order valence-corrected chi connectivity index (χ4v) is 7.08. The quantitative estimate of drug-likeness (QED) is 0.0601. The Kier molecular flexibility index (Phi) is 21.9. The largest absolute Gasteiger partial charge is 0.455 e. The van der Waals surface area contributed by atoms with E-state index in [0.717, 1.165) is 51.3 Å². The van der Waals surface area contributed by atoms with Gasteiger partial charge in [0, 0.05) is 94.6 Å². The summed E-state index contributed by atoms with van der Waals surface area (Å²) in [5, 5.41) is 0. The standard InChI is InChI=1S/C46H46N2O23.C2H6OS/c1-25(49)60-21-64-39(55)17-47(18-40(56)65-22-61-26(2)50)15-32-37(68-29(5)53)13-11-35-43(32)70-44-33(16-48(19-41(57)66-23-62-27(3)51)20-42(58)67-24-63-28(4)52)38(69-30(6)54)14-12-36(44)46(35)34-10-8-7-9-31(34)45(59)71-46;1-4(2)3/h7-14H,15-24H2,1-6H3;1-2H3. The molecule has 0 saturated heterocycles. The van der Waals surface area contributed by atoms with Crippen LogP contribution in [0, 0.1) is 0 Å². The van der Waals surface area contributed by atoms with Crippen molar-refractivity contribution in [1.29, 1.82) is 0 Å². The monoisotopic (exact) mass is 1070 g/mol. The first kappa shape index (κ1) is 59.3. The highest BCUT2D eigenvalue weighted by Gasteiger charge is 2.55. The van der Waals surface area contributed by atoms with Gasteiger partial charge in [-0.2, -0.15) is 0 Å². The van der Waals surface area contributed by atoms with Gasteiger partial charge in [0.15, 0.2) is 5.60 Å². The van der Waals surface area contributed by atoms with Crippen molar-refractivity contribution in [3.05, 3.63) is 81.9 Å². The maximum Gasteiger partial charge on any atom is 0.340 e. The van der Waals surface area contributed by atoms with Crippen molar-refractivity contribution in [2.45, 2.75) is 60.2 Å². The molecular formula is C48H52N2O24S. The minimum atomic E-state index is -1.96. The van der Waals surface area contributed by atoms with Gasteiger partial charge < -0.3 is 56.8 Å². The minimum Gasteiger partial charge on any atom is -0.455 e. The molecule has 0 bridgehead atoms. The summed E-state index contributed by atoms with van der Waals surface area (Å²) in [7, 11) is -0.611. The number of hydrogen-bond acceptors (Lipinski definition) is 26. The normalized spacial score (nSPS) is 12.2. The third-order valence-corrected chi connectivity index (χ3v) is 9.78. The molecule has 3 aromatic carbocycles. The van der Waals surface area contributed by atoms with Crippen LogP contribution in [0.4, 0.5) is 0 Å². The Morgan fingerprint density at radius 1 is 0.480 bits per heavy atom. The predicted molar refractivity (Wildman–Crippen MR) is 249 cm³/mol. The molecule has 27 heteroatoms. The number of fused-ring (bicyclic) bond motifs is 6. The first-order valence-corrected chi connectivity index (χ1v) is 23.9. The first-order chi connectivity index (χ1) is 35.4. The highest BCUT2D eigenvalue weighted by Crippen LogP contribution is 2.59. The van der Waals surface area contributed by atoms with Crippen LogP contribution < -0.4 is 14.2 Å². The molecule has 1 spiro atoms. The third-order valence-electron chi connectivity index (χ3n) is 9.78. The van der Waals surface area contributed by atoms with E-state index in [0.29, 0.717) is 0 Å². The number of rotatable bonds is 22. The van der Waals surface area contributed by atoms with Crippen molar-refractivity contribution in [3.63, 3.8) is 0 Å². The number of nitrogens with zero attached hydrogens (tertiary/aromatic N) is 2. The van der Waals surface area contributed by atoms with E-state index in [1.807, 2.05) is 0 Å². The van der Waals surface area contributed by atoms with Crippen LogP contribution in [0.15, 0.2) is 48.5 Å². The first-order valence-electron chi connectivity index (χ1n) is 22.0. The zero-order valence-electron chi connectivity index (χ0n) is 41.8. The second kappa shape index (κ2) is 27.7. The summed E-state index contributed by atoms with van der Waals surface area (Å²) < 4.78 is 73.0. The molecule has 0 N–H and O–H groups in total. The van der Waals surface area contributed by atoms with Gasteiger partial charge >= 0.3 is 65.7 Å². The van der Waals surface area contributed by atoms with Crippen molar-refractivity contribution in [3.8, 4) is 23.0 Å². The molecule has 75 heavy (non-hydrogen) atoms. The van der Waals surface area contributed by atoms with Gasteiger partial charge in [-0.3, -0.25) is 62.0 Å². The number of ether oxygens (including phenoxy) is 12. The van der Waals surface area contributed by atoms with Crippen LogP contribution in [0.1, 0.15) is 79.7 Å². The molecule has 0 unspecified atom stereocenters. The highest BCUT2D eigenvalue weighted by molar-refractivity contribution is 7.83. The second-order valence-electron chi connectivity index (χ2n) is 15.9. The van der Waals surface area contributed by atoms with Crippen LogP contribution in [-0.4, -0.2) is 146 Å². The van der Waals surface area contributed by atoms with Gasteiger partial charge in [-0.05, 0) is 30.3 Å². The lowest BCUT2D eigenvalue weighted by Gasteiger charge is -2.39. The molecule has 26 nitrogen and oxygen atoms in total. The van der Waals surface area contributed by atoms with Gasteiger partial charge in [0.25, 0.3) is 0 Å². The third kappa shape index (κ3) is 17.4. The molecule has 0 aliphatic carbocycles. The van der Waals surface area contributed by atoms with E-state index >= 15 is 0 Å². The Morgan fingerprint density at radius 3 is 1.13 bits per heavy atom. The topological polar surface area (TPSA) is 322 Å². The van der Waals surface area contributed by atoms with E-state index in [1.165, 1.54) is 30.3 Å². The Labute approximate surface area is 430 Å². The summed E-state index contributed by atoms with van der Waals surface area (Å²) in [5.41, 5.74) is -1.60. The lowest BCUT2D eigenvalue weighted by molar-refractivity contribution is -0.171. The molecule has 5 rings (SSSR count). The average molecular weight is 1070 g/mol. The number of esters is 11. The Hall–Kier alpha value is -8.30. The Bertz CT molecular complexity index is 2520. The van der Waals surface area contributed by atoms with Crippen LogP contribution in [0.3, 0.4) is 0 Å². The maximum absolute atomic E-state index is 14.0. The second-order valence-corrected chi connectivity index (χ2v) is 17.3. The molecular weight excluding hydrogens is 1020 g/mol. The number of hydrogen-bond donors (Lipinski definition) is 0. The summed E-state index contributed by atoms with van der Waals surface area (Å²) in [6.07, 6.45) is 3.28. The van der Waals surface area contributed by atoms with E-state index < -0.39 is 149 Å². The van der Waals surface area contributed by atoms with E-state index in [2.05, 4.69) is 0 Å². The Balaban J connectivity index is 0.00000293. The lowest BCUT2D eigenvalue weighted by atomic mass is 9.76. The van der Waals surface area contributed by atoms with Gasteiger partial charge in [-0.15, -0.1) is 0 Å². The molecule has 2 aliphatic heterocycles. The molecule has 0 fully saturated rings. The van der Waals surface area contributed by atoms with Crippen LogP contribution in [0.2, 0.25) is 0 Å². The molecule has 3 aromatic rings. The number of benzene rings is 3. The number of carbonyl (C=O) groups excluding carboxylic acids is 11. The number of carbonyl (C=O) groups is 11. The summed E-state index contributed by atoms with van der Waals surface area (Å²) >= 11 is 0. The molecule has 2 heterocycles. The Morgan fingerprint density at radius 2 is 0.813 bits per heavy atom. The fraction of sp³-hybridized carbons (Fsp3) is 0.396.